The lowest BCUT2D eigenvalue weighted by molar-refractivity contribution is -0.112. The summed E-state index contributed by atoms with van der Waals surface area (Å²) in [6.45, 7) is 0.546. The first-order valence-corrected chi connectivity index (χ1v) is 7.28. The van der Waals surface area contributed by atoms with Crippen molar-refractivity contribution in [3.63, 3.8) is 0 Å². The van der Waals surface area contributed by atoms with E-state index in [1.54, 1.807) is 18.3 Å². The summed E-state index contributed by atoms with van der Waals surface area (Å²) < 4.78 is 13.8. The monoisotopic (exact) mass is 335 g/mol. The van der Waals surface area contributed by atoms with Gasteiger partial charge in [0.1, 0.15) is 0 Å². The van der Waals surface area contributed by atoms with Gasteiger partial charge in [-0.3, -0.25) is 9.80 Å². The number of hydrogen-bond acceptors (Lipinski definition) is 5. The van der Waals surface area contributed by atoms with E-state index in [-0.39, 0.29) is 16.4 Å². The fraction of sp³-hybridized carbons (Fsp3) is 0.200. The molecule has 2 aliphatic heterocycles. The summed E-state index contributed by atoms with van der Waals surface area (Å²) in [7, 11) is 3.84. The van der Waals surface area contributed by atoms with Crippen LogP contribution in [0.15, 0.2) is 47.4 Å². The Bertz CT molecular complexity index is 743. The van der Waals surface area contributed by atoms with Gasteiger partial charge in [0, 0.05) is 26.4 Å². The van der Waals surface area contributed by atoms with Crippen molar-refractivity contribution < 1.29 is 9.18 Å². The molecule has 1 aromatic carbocycles. The van der Waals surface area contributed by atoms with E-state index in [1.807, 2.05) is 35.2 Å². The van der Waals surface area contributed by atoms with Gasteiger partial charge < -0.3 is 5.32 Å². The molecule has 2 heterocycles. The maximum absolute atomic E-state index is 13.8. The van der Waals surface area contributed by atoms with Gasteiger partial charge in [0.05, 0.1) is 10.7 Å². The van der Waals surface area contributed by atoms with Gasteiger partial charge in [-0.2, -0.15) is 4.99 Å². The van der Waals surface area contributed by atoms with E-state index in [2.05, 4.69) is 10.3 Å². The van der Waals surface area contributed by atoms with E-state index < -0.39 is 11.7 Å². The molecule has 6 nitrogen and oxygen atoms in total. The van der Waals surface area contributed by atoms with Crippen LogP contribution in [-0.2, 0) is 4.79 Å². The number of amides is 1. The number of rotatable bonds is 3. The SMILES string of the molecule is CN(C)N1C=CC2=NC(C(=O)Nc3cccc(Cl)c3F)=C[N+]2C1. The maximum atomic E-state index is 13.8. The van der Waals surface area contributed by atoms with Crippen molar-refractivity contribution in [2.75, 3.05) is 26.1 Å². The molecule has 0 unspecified atom stereocenters. The number of hydrazine groups is 1. The van der Waals surface area contributed by atoms with E-state index >= 15 is 0 Å². The van der Waals surface area contributed by atoms with Gasteiger partial charge in [0.25, 0.3) is 11.7 Å². The van der Waals surface area contributed by atoms with Crippen LogP contribution >= 0.6 is 11.6 Å². The van der Waals surface area contributed by atoms with Crippen LogP contribution in [0.25, 0.3) is 0 Å². The lowest BCUT2D eigenvalue weighted by Gasteiger charge is -2.27. The first kappa shape index (κ1) is 15.7. The minimum atomic E-state index is -0.662. The number of amidine groups is 1. The number of anilines is 1. The second-order valence-electron chi connectivity index (χ2n) is 5.25. The molecule has 0 bridgehead atoms. The highest BCUT2D eigenvalue weighted by atomic mass is 35.5. The molecule has 1 aromatic rings. The molecule has 1 amide bonds. The van der Waals surface area contributed by atoms with Gasteiger partial charge in [-0.25, -0.2) is 9.40 Å². The third kappa shape index (κ3) is 3.12. The fourth-order valence-corrected chi connectivity index (χ4v) is 2.36. The molecule has 23 heavy (non-hydrogen) atoms. The summed E-state index contributed by atoms with van der Waals surface area (Å²) in [6, 6.07) is 4.43. The number of carbonyl (C=O) groups is 1. The highest BCUT2D eigenvalue weighted by Crippen LogP contribution is 2.23. The van der Waals surface area contributed by atoms with Gasteiger partial charge in [-0.1, -0.05) is 22.6 Å². The average molecular weight is 336 g/mol. The Labute approximate surface area is 138 Å². The van der Waals surface area contributed by atoms with Crippen molar-refractivity contribution in [3.8, 4) is 0 Å². The van der Waals surface area contributed by atoms with E-state index in [0.717, 1.165) is 0 Å². The number of aliphatic imine (C=N–C) groups is 1. The third-order valence-corrected chi connectivity index (χ3v) is 3.74. The van der Waals surface area contributed by atoms with Gasteiger partial charge in [-0.05, 0) is 12.1 Å². The van der Waals surface area contributed by atoms with Crippen molar-refractivity contribution in [3.05, 3.63) is 53.2 Å². The van der Waals surface area contributed by atoms with Gasteiger partial charge in [0.15, 0.2) is 17.7 Å². The quantitative estimate of drug-likeness (QED) is 0.860. The minimum Gasteiger partial charge on any atom is -0.318 e. The molecule has 0 saturated heterocycles. The Hall–Kier alpha value is -2.22. The first-order chi connectivity index (χ1) is 11.0. The Kier molecular flexibility index (Phi) is 4.16. The standard InChI is InChI=1S/C15H15ClFN5O/c1-20(2)22-7-6-13-18-12(8-21(13)9-22)15(23)19-11-5-3-4-10(16)14(11)17/h3-8H,9H2,1-2H3,(H,19,23)/q+1. The van der Waals surface area contributed by atoms with Gasteiger partial charge >= 0.3 is 0 Å². The Morgan fingerprint density at radius 3 is 3.00 bits per heavy atom. The molecule has 8 heteroatoms. The number of nitrogens with zero attached hydrogens (tertiary/aromatic N) is 4. The Morgan fingerprint density at radius 1 is 1.48 bits per heavy atom. The average Bonchev–Trinajstić information content (AvgIpc) is 2.95. The van der Waals surface area contributed by atoms with Gasteiger partial charge in [-0.15, -0.1) is 0 Å². The zero-order valence-electron chi connectivity index (χ0n) is 12.6. The molecule has 0 atom stereocenters. The van der Waals surface area contributed by atoms with Crippen LogP contribution in [0.3, 0.4) is 0 Å². The van der Waals surface area contributed by atoms with Crippen molar-refractivity contribution in [2.24, 2.45) is 4.99 Å². The molecule has 0 spiro atoms. The Balaban J connectivity index is 1.75. The number of nitrogens with one attached hydrogen (secondary N) is 1. The molecular weight excluding hydrogens is 321 g/mol. The minimum absolute atomic E-state index is 0.0268. The lowest BCUT2D eigenvalue weighted by atomic mass is 10.3. The second-order valence-corrected chi connectivity index (χ2v) is 5.66. The summed E-state index contributed by atoms with van der Waals surface area (Å²) in [5, 5.41) is 6.31. The fourth-order valence-electron chi connectivity index (χ4n) is 2.19. The number of fused-ring (bicyclic) bond motifs is 1. The molecule has 1 N–H and O–H groups in total. The molecule has 0 aliphatic carbocycles. The van der Waals surface area contributed by atoms with Crippen LogP contribution in [0.1, 0.15) is 0 Å². The zero-order valence-corrected chi connectivity index (χ0v) is 13.4. The first-order valence-electron chi connectivity index (χ1n) is 6.90. The topological polar surface area (TPSA) is 53.8 Å². The van der Waals surface area contributed by atoms with Crippen molar-refractivity contribution in [1.29, 1.82) is 0 Å². The summed E-state index contributed by atoms with van der Waals surface area (Å²) in [5.74, 6) is -0.483. The van der Waals surface area contributed by atoms with E-state index in [9.17, 15) is 9.18 Å². The van der Waals surface area contributed by atoms with Crippen LogP contribution in [-0.4, -0.2) is 42.5 Å². The van der Waals surface area contributed by atoms with Crippen LogP contribution in [0, 0.1) is 5.82 Å². The molecule has 0 saturated carbocycles. The van der Waals surface area contributed by atoms with Crippen LogP contribution in [0.5, 0.6) is 0 Å². The molecule has 2 aliphatic rings. The summed E-state index contributed by atoms with van der Waals surface area (Å²) >= 11 is 5.71. The number of carbonyl (C=O) groups excluding carboxylic acids is 1. The zero-order chi connectivity index (χ0) is 16.6. The van der Waals surface area contributed by atoms with Crippen LogP contribution in [0.4, 0.5) is 10.1 Å². The second kappa shape index (κ2) is 6.11. The van der Waals surface area contributed by atoms with Crippen LogP contribution in [0.2, 0.25) is 5.02 Å². The highest BCUT2D eigenvalue weighted by Gasteiger charge is 2.35. The van der Waals surface area contributed by atoms with E-state index in [0.29, 0.717) is 12.5 Å². The maximum Gasteiger partial charge on any atom is 0.285 e. The summed E-state index contributed by atoms with van der Waals surface area (Å²) in [5.41, 5.74) is 0.239. The van der Waals surface area contributed by atoms with E-state index in [1.165, 1.54) is 12.1 Å². The molecule has 0 fully saturated rings. The van der Waals surface area contributed by atoms with Gasteiger partial charge in [0.2, 0.25) is 6.67 Å². The van der Waals surface area contributed by atoms with Crippen molar-refractivity contribution in [2.45, 2.75) is 0 Å². The molecule has 0 aromatic heterocycles. The largest absolute Gasteiger partial charge is 0.318 e. The van der Waals surface area contributed by atoms with E-state index in [4.69, 9.17) is 11.6 Å². The van der Waals surface area contributed by atoms with Crippen molar-refractivity contribution in [1.82, 2.24) is 14.9 Å². The third-order valence-electron chi connectivity index (χ3n) is 3.45. The summed E-state index contributed by atoms with van der Waals surface area (Å²) in [6.07, 6.45) is 5.31. The Morgan fingerprint density at radius 2 is 2.26 bits per heavy atom. The number of halogens is 2. The summed E-state index contributed by atoms with van der Waals surface area (Å²) in [4.78, 5) is 18.4. The predicted octanol–water partition coefficient (Wildman–Crippen LogP) is 2.07. The number of hydrogen-bond donors (Lipinski definition) is 1. The van der Waals surface area contributed by atoms with Crippen LogP contribution < -0.4 is 10.2 Å². The molecule has 119 valence electrons. The molecule has 1 radical (unpaired) electrons. The predicted molar refractivity (Wildman–Crippen MR) is 87.2 cm³/mol. The lowest BCUT2D eigenvalue weighted by Crippen LogP contribution is -2.47. The normalized spacial score (nSPS) is 17.2. The van der Waals surface area contributed by atoms with Crippen molar-refractivity contribution >= 4 is 29.0 Å². The molecular formula is C15H15ClFN5O+. The smallest absolute Gasteiger partial charge is 0.285 e. The number of benzene rings is 1. The highest BCUT2D eigenvalue weighted by molar-refractivity contribution is 6.31. The molecule has 3 rings (SSSR count).